The number of rotatable bonds is 8. The quantitative estimate of drug-likeness (QED) is 0.256. The second-order valence-corrected chi connectivity index (χ2v) is 9.14. The number of hydrogen-bond donors (Lipinski definition) is 4. The summed E-state index contributed by atoms with van der Waals surface area (Å²) < 4.78 is 2.88. The number of aliphatic carboxylic acids is 1. The Balaban J connectivity index is 0.000000256. The highest BCUT2D eigenvalue weighted by molar-refractivity contribution is 5.95. The molecule has 2 atom stereocenters. The topological polar surface area (TPSA) is 224 Å². The molecule has 0 saturated carbocycles. The number of hydrogen-bond acceptors (Lipinski definition) is 9. The fourth-order valence-corrected chi connectivity index (χ4v) is 3.97. The summed E-state index contributed by atoms with van der Waals surface area (Å²) in [6, 6.07) is 1.59. The molecule has 0 radical (unpaired) electrons. The number of nitrogens with zero attached hydrogens (tertiary/aromatic N) is 5. The van der Waals surface area contributed by atoms with E-state index in [4.69, 9.17) is 5.11 Å². The molecule has 0 bridgehead atoms. The van der Waals surface area contributed by atoms with Crippen molar-refractivity contribution in [3.8, 4) is 0 Å². The van der Waals surface area contributed by atoms with E-state index in [0.717, 1.165) is 12.6 Å². The Hall–Kier alpha value is -4.80. The number of carboxylic acids is 1. The summed E-state index contributed by atoms with van der Waals surface area (Å²) in [7, 11) is 3.63. The summed E-state index contributed by atoms with van der Waals surface area (Å²) in [4.78, 5) is 67.5. The summed E-state index contributed by atoms with van der Waals surface area (Å²) in [6.45, 7) is 6.05. The standard InChI is InChI=1S/C12H16N4O4.C9H9N3O5.C3H9N/c1-3-14(2)11(17)5-8-6-13-12(18)10-4-9(16(19)20)7-15(8)10;13-8(14)2-5-3-10-9(15)7-1-6(12(16)17)4-11(5)7;1-3-4-2/h4,7-8H,3,5-6H2,1-2H3,(H,13,18);1,4-5H,2-3H2,(H,10,15)(H,13,14);4H,3H2,1-2H3. The molecule has 0 spiro atoms. The van der Waals surface area contributed by atoms with Crippen LogP contribution in [0.2, 0.25) is 0 Å². The van der Waals surface area contributed by atoms with Crippen molar-refractivity contribution in [3.63, 3.8) is 0 Å². The minimum absolute atomic E-state index is 0.0593. The van der Waals surface area contributed by atoms with Crippen molar-refractivity contribution in [3.05, 3.63) is 56.1 Å². The highest BCUT2D eigenvalue weighted by Gasteiger charge is 2.31. The van der Waals surface area contributed by atoms with Gasteiger partial charge in [0.25, 0.3) is 23.2 Å². The fourth-order valence-electron chi connectivity index (χ4n) is 3.97. The van der Waals surface area contributed by atoms with Gasteiger partial charge in [-0.05, 0) is 20.5 Å². The highest BCUT2D eigenvalue weighted by atomic mass is 16.6. The van der Waals surface area contributed by atoms with E-state index >= 15 is 0 Å². The number of fused-ring (bicyclic) bond motifs is 2. The van der Waals surface area contributed by atoms with Crippen LogP contribution in [0.3, 0.4) is 0 Å². The number of carboxylic acid groups (broad SMARTS) is 1. The van der Waals surface area contributed by atoms with Crippen molar-refractivity contribution >= 4 is 35.1 Å². The molecule has 2 aromatic rings. The van der Waals surface area contributed by atoms with Crippen LogP contribution in [0.4, 0.5) is 11.4 Å². The first-order chi connectivity index (χ1) is 19.3. The second kappa shape index (κ2) is 14.5. The summed E-state index contributed by atoms with van der Waals surface area (Å²) in [5.74, 6) is -1.87. The third-order valence-corrected chi connectivity index (χ3v) is 6.41. The number of nitrogens with one attached hydrogen (secondary N) is 3. The average molecular weight is 579 g/mol. The van der Waals surface area contributed by atoms with E-state index in [-0.39, 0.29) is 60.0 Å². The predicted octanol–water partition coefficient (Wildman–Crippen LogP) is 0.930. The molecule has 4 heterocycles. The predicted molar refractivity (Wildman–Crippen MR) is 145 cm³/mol. The van der Waals surface area contributed by atoms with Gasteiger partial charge in [-0.3, -0.25) is 39.4 Å². The first-order valence-electron chi connectivity index (χ1n) is 12.7. The largest absolute Gasteiger partial charge is 0.481 e. The molecule has 224 valence electrons. The van der Waals surface area contributed by atoms with Gasteiger partial charge in [0.2, 0.25) is 5.91 Å². The molecule has 0 aliphatic carbocycles. The summed E-state index contributed by atoms with van der Waals surface area (Å²) in [5, 5.41) is 38.2. The average Bonchev–Trinajstić information content (AvgIpc) is 3.59. The lowest BCUT2D eigenvalue weighted by atomic mass is 10.1. The van der Waals surface area contributed by atoms with Gasteiger partial charge in [0.1, 0.15) is 11.4 Å². The SMILES string of the molecule is CCN(C)C(=O)CC1CNC(=O)c2cc([N+](=O)[O-])cn21.CCNC.O=C(O)CC1CNC(=O)c2cc([N+](=O)[O-])cn21. The van der Waals surface area contributed by atoms with Gasteiger partial charge in [-0.2, -0.15) is 0 Å². The summed E-state index contributed by atoms with van der Waals surface area (Å²) in [6.07, 6.45) is 2.52. The molecule has 17 nitrogen and oxygen atoms in total. The fraction of sp³-hybridized carbons (Fsp3) is 0.500. The number of amides is 3. The first-order valence-corrected chi connectivity index (χ1v) is 12.7. The summed E-state index contributed by atoms with van der Waals surface area (Å²) >= 11 is 0. The van der Waals surface area contributed by atoms with Crippen molar-refractivity contribution in [2.45, 2.75) is 38.8 Å². The van der Waals surface area contributed by atoms with Crippen LogP contribution in [0.5, 0.6) is 0 Å². The van der Waals surface area contributed by atoms with E-state index in [1.807, 2.05) is 14.0 Å². The molecule has 4 rings (SSSR count). The Kier molecular flexibility index (Phi) is 11.5. The van der Waals surface area contributed by atoms with Gasteiger partial charge in [-0.1, -0.05) is 6.92 Å². The van der Waals surface area contributed by atoms with Crippen molar-refractivity contribution in [2.24, 2.45) is 0 Å². The Morgan fingerprint density at radius 3 is 1.73 bits per heavy atom. The van der Waals surface area contributed by atoms with Crippen LogP contribution in [0, 0.1) is 20.2 Å². The van der Waals surface area contributed by atoms with Crippen LogP contribution in [0.25, 0.3) is 0 Å². The third-order valence-electron chi connectivity index (χ3n) is 6.41. The molecule has 0 fully saturated rings. The molecule has 0 saturated heterocycles. The van der Waals surface area contributed by atoms with Gasteiger partial charge >= 0.3 is 5.97 Å². The zero-order valence-corrected chi connectivity index (χ0v) is 23.2. The van der Waals surface area contributed by atoms with E-state index in [0.29, 0.717) is 13.1 Å². The lowest BCUT2D eigenvalue weighted by molar-refractivity contribution is -0.385. The maximum atomic E-state index is 11.9. The van der Waals surface area contributed by atoms with Crippen molar-refractivity contribution in [1.82, 2.24) is 30.0 Å². The van der Waals surface area contributed by atoms with E-state index in [9.17, 15) is 39.4 Å². The van der Waals surface area contributed by atoms with Gasteiger partial charge in [0.05, 0.1) is 40.7 Å². The zero-order chi connectivity index (χ0) is 30.9. The maximum absolute atomic E-state index is 11.9. The molecule has 2 aliphatic rings. The molecular formula is C24H34N8O9. The molecule has 4 N–H and O–H groups in total. The smallest absolute Gasteiger partial charge is 0.305 e. The number of aromatic nitrogens is 2. The molecule has 2 unspecified atom stereocenters. The van der Waals surface area contributed by atoms with Crippen LogP contribution >= 0.6 is 0 Å². The van der Waals surface area contributed by atoms with E-state index in [1.54, 1.807) is 11.9 Å². The zero-order valence-electron chi connectivity index (χ0n) is 23.2. The Bertz CT molecular complexity index is 1300. The Morgan fingerprint density at radius 2 is 1.39 bits per heavy atom. The molecule has 2 aromatic heterocycles. The maximum Gasteiger partial charge on any atom is 0.305 e. The number of carbonyl (C=O) groups is 4. The highest BCUT2D eigenvalue weighted by Crippen LogP contribution is 2.26. The molecule has 0 aromatic carbocycles. The third kappa shape index (κ3) is 8.34. The monoisotopic (exact) mass is 578 g/mol. The Labute approximate surface area is 234 Å². The van der Waals surface area contributed by atoms with Gasteiger partial charge in [0.15, 0.2) is 0 Å². The van der Waals surface area contributed by atoms with Crippen molar-refractivity contribution in [1.29, 1.82) is 0 Å². The molecular weight excluding hydrogens is 544 g/mol. The molecule has 17 heteroatoms. The molecule has 41 heavy (non-hydrogen) atoms. The van der Waals surface area contributed by atoms with Gasteiger partial charge in [-0.25, -0.2) is 0 Å². The van der Waals surface area contributed by atoms with Gasteiger partial charge < -0.3 is 35.1 Å². The van der Waals surface area contributed by atoms with E-state index in [2.05, 4.69) is 22.9 Å². The van der Waals surface area contributed by atoms with E-state index < -0.39 is 27.8 Å². The summed E-state index contributed by atoms with van der Waals surface area (Å²) in [5.41, 5.74) is -0.0140. The van der Waals surface area contributed by atoms with Crippen LogP contribution in [0.15, 0.2) is 24.5 Å². The van der Waals surface area contributed by atoms with Crippen LogP contribution in [-0.2, 0) is 9.59 Å². The Morgan fingerprint density at radius 1 is 0.976 bits per heavy atom. The molecule has 2 aliphatic heterocycles. The van der Waals surface area contributed by atoms with Crippen LogP contribution in [0.1, 0.15) is 59.7 Å². The lowest BCUT2D eigenvalue weighted by Gasteiger charge is -2.27. The van der Waals surface area contributed by atoms with Crippen LogP contribution < -0.4 is 16.0 Å². The van der Waals surface area contributed by atoms with Crippen molar-refractivity contribution < 1.29 is 34.1 Å². The van der Waals surface area contributed by atoms with Gasteiger partial charge in [0, 0.05) is 45.2 Å². The lowest BCUT2D eigenvalue weighted by Crippen LogP contribution is -2.40. The minimum atomic E-state index is -1.02. The van der Waals surface area contributed by atoms with Crippen molar-refractivity contribution in [2.75, 3.05) is 40.3 Å². The number of carbonyl (C=O) groups excluding carboxylic acids is 3. The van der Waals surface area contributed by atoms with E-state index in [1.165, 1.54) is 27.6 Å². The normalized spacial score (nSPS) is 16.8. The van der Waals surface area contributed by atoms with Crippen LogP contribution in [-0.4, -0.2) is 93.0 Å². The first kappa shape index (κ1) is 32.4. The van der Waals surface area contributed by atoms with Gasteiger partial charge in [-0.15, -0.1) is 0 Å². The number of nitro groups is 2. The second-order valence-electron chi connectivity index (χ2n) is 9.14. The minimum Gasteiger partial charge on any atom is -0.481 e. The molecule has 3 amide bonds.